The van der Waals surface area contributed by atoms with Gasteiger partial charge >= 0.3 is 0 Å². The number of nitrogens with zero attached hydrogens (tertiary/aromatic N) is 1. The van der Waals surface area contributed by atoms with E-state index in [9.17, 15) is 4.79 Å². The van der Waals surface area contributed by atoms with E-state index in [1.54, 1.807) is 0 Å². The maximum absolute atomic E-state index is 11.0. The summed E-state index contributed by atoms with van der Waals surface area (Å²) >= 11 is 0. The summed E-state index contributed by atoms with van der Waals surface area (Å²) < 4.78 is 5.16. The summed E-state index contributed by atoms with van der Waals surface area (Å²) in [6.07, 6.45) is 0.650. The van der Waals surface area contributed by atoms with Crippen LogP contribution < -0.4 is 0 Å². The first-order chi connectivity index (χ1) is 5.33. The van der Waals surface area contributed by atoms with Crippen molar-refractivity contribution in [1.82, 2.24) is 4.90 Å². The third-order valence-corrected chi connectivity index (χ3v) is 1.90. The SMILES string of the molecule is CCC(=O)CN1CCOCC1. The van der Waals surface area contributed by atoms with E-state index in [1.165, 1.54) is 0 Å². The molecule has 0 aromatic carbocycles. The summed E-state index contributed by atoms with van der Waals surface area (Å²) in [6, 6.07) is 0. The number of hydrogen-bond donors (Lipinski definition) is 0. The lowest BCUT2D eigenvalue weighted by molar-refractivity contribution is -0.120. The van der Waals surface area contributed by atoms with Crippen molar-refractivity contribution in [1.29, 1.82) is 0 Å². The fourth-order valence-corrected chi connectivity index (χ4v) is 1.12. The minimum absolute atomic E-state index is 0.326. The normalized spacial score (nSPS) is 20.1. The summed E-state index contributed by atoms with van der Waals surface area (Å²) in [6.45, 7) is 5.88. The standard InChI is InChI=1S/C8H15NO2/c1-2-8(10)7-9-3-5-11-6-4-9/h2-7H2,1H3. The van der Waals surface area contributed by atoms with E-state index < -0.39 is 0 Å². The number of hydrogen-bond acceptors (Lipinski definition) is 3. The van der Waals surface area contributed by atoms with Crippen molar-refractivity contribution in [2.75, 3.05) is 32.8 Å². The Morgan fingerprint density at radius 1 is 1.45 bits per heavy atom. The molecule has 3 nitrogen and oxygen atoms in total. The molecule has 0 saturated carbocycles. The molecule has 0 amide bonds. The average Bonchev–Trinajstić information content (AvgIpc) is 2.06. The van der Waals surface area contributed by atoms with E-state index in [1.807, 2.05) is 6.92 Å². The van der Waals surface area contributed by atoms with Crippen LogP contribution in [0.15, 0.2) is 0 Å². The van der Waals surface area contributed by atoms with Gasteiger partial charge in [-0.2, -0.15) is 0 Å². The quantitative estimate of drug-likeness (QED) is 0.590. The molecule has 0 unspecified atom stereocenters. The molecule has 0 radical (unpaired) electrons. The third-order valence-electron chi connectivity index (χ3n) is 1.90. The van der Waals surface area contributed by atoms with Crippen LogP contribution in [0.2, 0.25) is 0 Å². The Bertz CT molecular complexity index is 130. The zero-order valence-corrected chi connectivity index (χ0v) is 7.01. The molecule has 1 aliphatic rings. The largest absolute Gasteiger partial charge is 0.379 e. The molecule has 0 N–H and O–H groups in total. The number of ether oxygens (including phenoxy) is 1. The Morgan fingerprint density at radius 3 is 2.64 bits per heavy atom. The van der Waals surface area contributed by atoms with Crippen LogP contribution in [0.4, 0.5) is 0 Å². The van der Waals surface area contributed by atoms with Gasteiger partial charge in [-0.25, -0.2) is 0 Å². The van der Waals surface area contributed by atoms with Gasteiger partial charge in [0, 0.05) is 19.5 Å². The molecule has 0 aliphatic carbocycles. The Kier molecular flexibility index (Phi) is 3.52. The summed E-state index contributed by atoms with van der Waals surface area (Å²) in [7, 11) is 0. The Balaban J connectivity index is 2.19. The number of Topliss-reactive ketones (excluding diaryl/α,β-unsaturated/α-hetero) is 1. The van der Waals surface area contributed by atoms with Crippen molar-refractivity contribution in [2.45, 2.75) is 13.3 Å². The number of carbonyl (C=O) groups is 1. The van der Waals surface area contributed by atoms with Crippen molar-refractivity contribution < 1.29 is 9.53 Å². The van der Waals surface area contributed by atoms with E-state index in [-0.39, 0.29) is 0 Å². The number of rotatable bonds is 3. The molecule has 0 aromatic rings. The van der Waals surface area contributed by atoms with Crippen LogP contribution in [0.3, 0.4) is 0 Å². The molecule has 1 fully saturated rings. The van der Waals surface area contributed by atoms with Gasteiger partial charge in [0.2, 0.25) is 0 Å². The molecule has 1 aliphatic heterocycles. The van der Waals surface area contributed by atoms with Gasteiger partial charge < -0.3 is 4.74 Å². The topological polar surface area (TPSA) is 29.5 Å². The van der Waals surface area contributed by atoms with Gasteiger partial charge in [0.05, 0.1) is 19.8 Å². The van der Waals surface area contributed by atoms with Gasteiger partial charge in [0.15, 0.2) is 0 Å². The first-order valence-corrected chi connectivity index (χ1v) is 4.14. The monoisotopic (exact) mass is 157 g/mol. The highest BCUT2D eigenvalue weighted by molar-refractivity contribution is 5.80. The second-order valence-electron chi connectivity index (χ2n) is 2.78. The highest BCUT2D eigenvalue weighted by Gasteiger charge is 2.12. The zero-order valence-electron chi connectivity index (χ0n) is 7.01. The predicted octanol–water partition coefficient (Wildman–Crippen LogP) is 0.298. The molecule has 1 rings (SSSR count). The van der Waals surface area contributed by atoms with Crippen LogP contribution in [0.25, 0.3) is 0 Å². The Labute approximate surface area is 67.3 Å². The molecule has 3 heteroatoms. The first-order valence-electron chi connectivity index (χ1n) is 4.14. The van der Waals surface area contributed by atoms with Crippen LogP contribution in [0.1, 0.15) is 13.3 Å². The minimum Gasteiger partial charge on any atom is -0.379 e. The Hall–Kier alpha value is -0.410. The number of morpholine rings is 1. The van der Waals surface area contributed by atoms with Crippen LogP contribution in [-0.2, 0) is 9.53 Å². The molecular formula is C8H15NO2. The van der Waals surface area contributed by atoms with Gasteiger partial charge in [-0.3, -0.25) is 9.69 Å². The highest BCUT2D eigenvalue weighted by Crippen LogP contribution is 1.96. The third kappa shape index (κ3) is 2.99. The summed E-state index contributed by atoms with van der Waals surface area (Å²) in [4.78, 5) is 13.1. The fraction of sp³-hybridized carbons (Fsp3) is 0.875. The summed E-state index contributed by atoms with van der Waals surface area (Å²) in [5.74, 6) is 0.326. The molecular weight excluding hydrogens is 142 g/mol. The minimum atomic E-state index is 0.326. The predicted molar refractivity (Wildman–Crippen MR) is 42.6 cm³/mol. The molecule has 0 aromatic heterocycles. The van der Waals surface area contributed by atoms with E-state index in [2.05, 4.69) is 4.90 Å². The summed E-state index contributed by atoms with van der Waals surface area (Å²) in [5, 5.41) is 0. The van der Waals surface area contributed by atoms with Crippen molar-refractivity contribution in [3.8, 4) is 0 Å². The Morgan fingerprint density at radius 2 is 2.09 bits per heavy atom. The smallest absolute Gasteiger partial charge is 0.146 e. The van der Waals surface area contributed by atoms with Crippen LogP contribution in [0, 0.1) is 0 Å². The second-order valence-corrected chi connectivity index (χ2v) is 2.78. The van der Waals surface area contributed by atoms with E-state index in [0.717, 1.165) is 26.3 Å². The van der Waals surface area contributed by atoms with Crippen molar-refractivity contribution >= 4 is 5.78 Å². The zero-order chi connectivity index (χ0) is 8.10. The number of ketones is 1. The van der Waals surface area contributed by atoms with Crippen molar-refractivity contribution in [3.05, 3.63) is 0 Å². The molecule has 1 saturated heterocycles. The van der Waals surface area contributed by atoms with Gasteiger partial charge in [0.1, 0.15) is 5.78 Å². The van der Waals surface area contributed by atoms with E-state index in [4.69, 9.17) is 4.74 Å². The lowest BCUT2D eigenvalue weighted by Crippen LogP contribution is -2.39. The maximum Gasteiger partial charge on any atom is 0.146 e. The van der Waals surface area contributed by atoms with Crippen molar-refractivity contribution in [3.63, 3.8) is 0 Å². The lowest BCUT2D eigenvalue weighted by Gasteiger charge is -2.25. The molecule has 0 spiro atoms. The van der Waals surface area contributed by atoms with Crippen molar-refractivity contribution in [2.24, 2.45) is 0 Å². The highest BCUT2D eigenvalue weighted by atomic mass is 16.5. The van der Waals surface area contributed by atoms with Crippen LogP contribution in [0.5, 0.6) is 0 Å². The van der Waals surface area contributed by atoms with Gasteiger partial charge in [-0.1, -0.05) is 6.92 Å². The molecule has 0 atom stereocenters. The van der Waals surface area contributed by atoms with Gasteiger partial charge in [0.25, 0.3) is 0 Å². The maximum atomic E-state index is 11.0. The van der Waals surface area contributed by atoms with E-state index >= 15 is 0 Å². The first kappa shape index (κ1) is 8.68. The van der Waals surface area contributed by atoms with E-state index in [0.29, 0.717) is 18.7 Å². The average molecular weight is 157 g/mol. The number of carbonyl (C=O) groups excluding carboxylic acids is 1. The fourth-order valence-electron chi connectivity index (χ4n) is 1.12. The lowest BCUT2D eigenvalue weighted by atomic mass is 10.3. The summed E-state index contributed by atoms with van der Waals surface area (Å²) in [5.41, 5.74) is 0. The van der Waals surface area contributed by atoms with Gasteiger partial charge in [-0.05, 0) is 0 Å². The second kappa shape index (κ2) is 4.46. The molecule has 11 heavy (non-hydrogen) atoms. The van der Waals surface area contributed by atoms with Gasteiger partial charge in [-0.15, -0.1) is 0 Å². The van der Waals surface area contributed by atoms with Crippen LogP contribution in [-0.4, -0.2) is 43.5 Å². The molecule has 0 bridgehead atoms. The van der Waals surface area contributed by atoms with Crippen LogP contribution >= 0.6 is 0 Å². The molecule has 1 heterocycles. The molecule has 64 valence electrons.